The monoisotopic (exact) mass is 166 g/mol. The fourth-order valence-corrected chi connectivity index (χ4v) is 2.86. The van der Waals surface area contributed by atoms with Gasteiger partial charge in [0.05, 0.1) is 10.8 Å². The van der Waals surface area contributed by atoms with E-state index < -0.39 is 10.8 Å². The maximum atomic E-state index is 11.5. The third-order valence-electron chi connectivity index (χ3n) is 2.06. The van der Waals surface area contributed by atoms with Crippen LogP contribution in [0.2, 0.25) is 0 Å². The molecule has 2 heteroatoms. The van der Waals surface area contributed by atoms with Crippen molar-refractivity contribution in [3.05, 3.63) is 29.8 Å². The molecular formula is C9H10OS. The molecule has 0 spiro atoms. The molecule has 2 rings (SSSR count). The number of hydrogen-bond acceptors (Lipinski definition) is 1. The SMILES string of the molecule is CC1Cc2ccccc2S1=O. The van der Waals surface area contributed by atoms with Gasteiger partial charge in [0, 0.05) is 10.1 Å². The van der Waals surface area contributed by atoms with Crippen LogP contribution < -0.4 is 0 Å². The number of benzene rings is 1. The Morgan fingerprint density at radius 3 is 2.91 bits per heavy atom. The van der Waals surface area contributed by atoms with Crippen molar-refractivity contribution in [2.75, 3.05) is 0 Å². The van der Waals surface area contributed by atoms with Crippen LogP contribution in [0.4, 0.5) is 0 Å². The Hall–Kier alpha value is -0.630. The molecule has 1 heterocycles. The predicted octanol–water partition coefficient (Wildman–Crippen LogP) is 1.74. The second-order valence-corrected chi connectivity index (χ2v) is 4.76. The van der Waals surface area contributed by atoms with Gasteiger partial charge in [-0.1, -0.05) is 25.1 Å². The van der Waals surface area contributed by atoms with Gasteiger partial charge in [-0.05, 0) is 18.1 Å². The van der Waals surface area contributed by atoms with Gasteiger partial charge in [-0.15, -0.1) is 0 Å². The average Bonchev–Trinajstić information content (AvgIpc) is 2.30. The largest absolute Gasteiger partial charge is 0.254 e. The van der Waals surface area contributed by atoms with Gasteiger partial charge in [0.1, 0.15) is 0 Å². The predicted molar refractivity (Wildman–Crippen MR) is 46.0 cm³/mol. The van der Waals surface area contributed by atoms with E-state index >= 15 is 0 Å². The van der Waals surface area contributed by atoms with Crippen molar-refractivity contribution >= 4 is 10.8 Å². The summed E-state index contributed by atoms with van der Waals surface area (Å²) in [5, 5.41) is 0.312. The number of hydrogen-bond donors (Lipinski definition) is 0. The molecule has 0 N–H and O–H groups in total. The highest BCUT2D eigenvalue weighted by Crippen LogP contribution is 2.26. The van der Waals surface area contributed by atoms with Gasteiger partial charge in [0.2, 0.25) is 0 Å². The first-order chi connectivity index (χ1) is 5.29. The van der Waals surface area contributed by atoms with Crippen molar-refractivity contribution < 1.29 is 4.21 Å². The molecule has 1 nitrogen and oxygen atoms in total. The number of rotatable bonds is 0. The third-order valence-corrected chi connectivity index (χ3v) is 3.79. The van der Waals surface area contributed by atoms with Crippen LogP contribution >= 0.6 is 0 Å². The molecule has 1 aromatic carbocycles. The van der Waals surface area contributed by atoms with E-state index in [0.29, 0.717) is 5.25 Å². The third kappa shape index (κ3) is 1.02. The summed E-state index contributed by atoms with van der Waals surface area (Å²) in [7, 11) is -0.743. The van der Waals surface area contributed by atoms with E-state index in [4.69, 9.17) is 0 Å². The van der Waals surface area contributed by atoms with E-state index in [1.165, 1.54) is 5.56 Å². The Kier molecular flexibility index (Phi) is 1.57. The lowest BCUT2D eigenvalue weighted by atomic mass is 10.1. The topological polar surface area (TPSA) is 17.1 Å². The van der Waals surface area contributed by atoms with Crippen LogP contribution in [0.25, 0.3) is 0 Å². The zero-order valence-electron chi connectivity index (χ0n) is 6.41. The summed E-state index contributed by atoms with van der Waals surface area (Å²) >= 11 is 0. The highest BCUT2D eigenvalue weighted by Gasteiger charge is 2.24. The molecule has 2 atom stereocenters. The van der Waals surface area contributed by atoms with Crippen LogP contribution in [0.15, 0.2) is 29.2 Å². The molecule has 1 aliphatic heterocycles. The Morgan fingerprint density at radius 1 is 1.45 bits per heavy atom. The smallest absolute Gasteiger partial charge is 0.0564 e. The van der Waals surface area contributed by atoms with Gasteiger partial charge in [-0.2, -0.15) is 0 Å². The summed E-state index contributed by atoms with van der Waals surface area (Å²) < 4.78 is 11.5. The van der Waals surface area contributed by atoms with Crippen LogP contribution in [-0.2, 0) is 17.2 Å². The molecule has 11 heavy (non-hydrogen) atoms. The Morgan fingerprint density at radius 2 is 2.18 bits per heavy atom. The Balaban J connectivity index is 2.55. The van der Waals surface area contributed by atoms with Crippen LogP contribution in [0.3, 0.4) is 0 Å². The molecule has 0 aliphatic carbocycles. The first-order valence-electron chi connectivity index (χ1n) is 3.77. The van der Waals surface area contributed by atoms with Crippen molar-refractivity contribution in [3.63, 3.8) is 0 Å². The second kappa shape index (κ2) is 2.45. The fourth-order valence-electron chi connectivity index (χ4n) is 1.47. The van der Waals surface area contributed by atoms with Crippen LogP contribution in [0.1, 0.15) is 12.5 Å². The summed E-state index contributed by atoms with van der Waals surface area (Å²) in [6.07, 6.45) is 0.975. The van der Waals surface area contributed by atoms with Crippen LogP contribution in [0, 0.1) is 0 Å². The lowest BCUT2D eigenvalue weighted by molar-refractivity contribution is 0.678. The van der Waals surface area contributed by atoms with Gasteiger partial charge >= 0.3 is 0 Å². The quantitative estimate of drug-likeness (QED) is 0.573. The van der Waals surface area contributed by atoms with Crippen LogP contribution in [-0.4, -0.2) is 9.46 Å². The maximum Gasteiger partial charge on any atom is 0.0564 e. The normalized spacial score (nSPS) is 28.5. The fraction of sp³-hybridized carbons (Fsp3) is 0.333. The molecule has 1 aromatic rings. The standard InChI is InChI=1S/C9H10OS/c1-7-6-8-4-2-3-5-9(8)11(7)10/h2-5,7H,6H2,1H3. The van der Waals surface area contributed by atoms with E-state index in [2.05, 4.69) is 6.07 Å². The van der Waals surface area contributed by atoms with E-state index in [1.807, 2.05) is 25.1 Å². The van der Waals surface area contributed by atoms with Gasteiger partial charge in [0.15, 0.2) is 0 Å². The summed E-state index contributed by atoms with van der Waals surface area (Å²) in [5.74, 6) is 0. The van der Waals surface area contributed by atoms with Gasteiger partial charge in [-0.3, -0.25) is 4.21 Å². The van der Waals surface area contributed by atoms with E-state index in [-0.39, 0.29) is 0 Å². The molecule has 1 aliphatic rings. The highest BCUT2D eigenvalue weighted by molar-refractivity contribution is 7.86. The lowest BCUT2D eigenvalue weighted by Crippen LogP contribution is -2.03. The van der Waals surface area contributed by atoms with Crippen molar-refractivity contribution in [2.45, 2.75) is 23.5 Å². The summed E-state index contributed by atoms with van der Waals surface area (Å²) in [6, 6.07) is 7.99. The van der Waals surface area contributed by atoms with Gasteiger partial charge in [0.25, 0.3) is 0 Å². The molecule has 0 fully saturated rings. The van der Waals surface area contributed by atoms with Gasteiger partial charge in [-0.25, -0.2) is 0 Å². The Bertz CT molecular complexity index is 306. The van der Waals surface area contributed by atoms with Crippen molar-refractivity contribution in [3.8, 4) is 0 Å². The second-order valence-electron chi connectivity index (χ2n) is 2.92. The average molecular weight is 166 g/mol. The van der Waals surface area contributed by atoms with E-state index in [9.17, 15) is 4.21 Å². The summed E-state index contributed by atoms with van der Waals surface area (Å²) in [6.45, 7) is 2.04. The lowest BCUT2D eigenvalue weighted by Gasteiger charge is -1.95. The summed E-state index contributed by atoms with van der Waals surface area (Å²) in [4.78, 5) is 1.04. The molecule has 0 aromatic heterocycles. The zero-order chi connectivity index (χ0) is 7.84. The molecule has 58 valence electrons. The molecule has 0 bridgehead atoms. The van der Waals surface area contributed by atoms with E-state index in [1.54, 1.807) is 0 Å². The minimum absolute atomic E-state index is 0.312. The molecule has 0 saturated carbocycles. The molecular weight excluding hydrogens is 156 g/mol. The van der Waals surface area contributed by atoms with Crippen molar-refractivity contribution in [1.82, 2.24) is 0 Å². The van der Waals surface area contributed by atoms with E-state index in [0.717, 1.165) is 11.3 Å². The highest BCUT2D eigenvalue weighted by atomic mass is 32.2. The molecule has 0 radical (unpaired) electrons. The minimum Gasteiger partial charge on any atom is -0.254 e. The first kappa shape index (κ1) is 7.04. The maximum absolute atomic E-state index is 11.5. The molecule has 2 unspecified atom stereocenters. The minimum atomic E-state index is -0.743. The van der Waals surface area contributed by atoms with Crippen molar-refractivity contribution in [1.29, 1.82) is 0 Å². The van der Waals surface area contributed by atoms with Crippen molar-refractivity contribution in [2.24, 2.45) is 0 Å². The summed E-state index contributed by atoms with van der Waals surface area (Å²) in [5.41, 5.74) is 1.26. The number of fused-ring (bicyclic) bond motifs is 1. The van der Waals surface area contributed by atoms with Crippen LogP contribution in [0.5, 0.6) is 0 Å². The molecule has 0 saturated heterocycles. The zero-order valence-corrected chi connectivity index (χ0v) is 7.23. The first-order valence-corrected chi connectivity index (χ1v) is 4.99. The Labute approximate surface area is 68.9 Å². The van der Waals surface area contributed by atoms with Gasteiger partial charge < -0.3 is 0 Å². The molecule has 0 amide bonds.